The normalized spacial score (nSPS) is 38.8. The Hall–Kier alpha value is -0.160. The van der Waals surface area contributed by atoms with Gasteiger partial charge in [-0.15, -0.1) is 0 Å². The Balaban J connectivity index is 1.89. The third-order valence-corrected chi connectivity index (χ3v) is 2.77. The van der Waals surface area contributed by atoms with Crippen molar-refractivity contribution in [1.29, 1.82) is 0 Å². The summed E-state index contributed by atoms with van der Waals surface area (Å²) in [6, 6.07) is 0.354. The first-order valence-corrected chi connectivity index (χ1v) is 4.71. The molecule has 2 heterocycles. The molecule has 2 fully saturated rings. The number of nitrogens with one attached hydrogen (secondary N) is 2. The van der Waals surface area contributed by atoms with E-state index in [9.17, 15) is 5.11 Å². The van der Waals surface area contributed by atoms with Gasteiger partial charge in [0.05, 0.1) is 6.10 Å². The summed E-state index contributed by atoms with van der Waals surface area (Å²) in [4.78, 5) is 2.38. The third-order valence-electron chi connectivity index (χ3n) is 2.77. The molecule has 0 spiro atoms. The van der Waals surface area contributed by atoms with Gasteiger partial charge in [-0.25, -0.2) is 0 Å². The van der Waals surface area contributed by atoms with Crippen molar-refractivity contribution in [1.82, 2.24) is 15.5 Å². The molecule has 4 heteroatoms. The summed E-state index contributed by atoms with van der Waals surface area (Å²) >= 11 is 0. The largest absolute Gasteiger partial charge is 0.390 e. The SMILES string of the molecule is OC1CNCC1N1CCNCC1. The van der Waals surface area contributed by atoms with Crippen molar-refractivity contribution in [2.75, 3.05) is 39.3 Å². The highest BCUT2D eigenvalue weighted by Crippen LogP contribution is 2.09. The molecule has 0 bridgehead atoms. The molecule has 0 amide bonds. The molecule has 0 aromatic carbocycles. The van der Waals surface area contributed by atoms with Gasteiger partial charge in [0.2, 0.25) is 0 Å². The standard InChI is InChI=1S/C8H17N3O/c12-8-6-10-5-7(8)11-3-1-9-2-4-11/h7-10,12H,1-6H2. The fourth-order valence-electron chi connectivity index (χ4n) is 2.04. The van der Waals surface area contributed by atoms with Crippen LogP contribution in [-0.4, -0.2) is 61.4 Å². The van der Waals surface area contributed by atoms with Gasteiger partial charge in [0.1, 0.15) is 0 Å². The predicted molar refractivity (Wildman–Crippen MR) is 47.1 cm³/mol. The van der Waals surface area contributed by atoms with E-state index in [1.807, 2.05) is 0 Å². The van der Waals surface area contributed by atoms with Crippen molar-refractivity contribution in [3.05, 3.63) is 0 Å². The first-order valence-electron chi connectivity index (χ1n) is 4.71. The van der Waals surface area contributed by atoms with E-state index in [0.29, 0.717) is 6.04 Å². The lowest BCUT2D eigenvalue weighted by Gasteiger charge is -2.33. The second-order valence-electron chi connectivity index (χ2n) is 3.58. The van der Waals surface area contributed by atoms with Crippen molar-refractivity contribution >= 4 is 0 Å². The monoisotopic (exact) mass is 171 g/mol. The maximum Gasteiger partial charge on any atom is 0.0831 e. The number of β-amino-alcohol motifs (C(OH)–C–C–N with tert-alkyl or cyclic N) is 1. The van der Waals surface area contributed by atoms with Crippen LogP contribution in [0.1, 0.15) is 0 Å². The predicted octanol–water partition coefficient (Wildman–Crippen LogP) is -1.78. The summed E-state index contributed by atoms with van der Waals surface area (Å²) in [5, 5.41) is 16.1. The molecule has 2 rings (SSSR count). The minimum absolute atomic E-state index is 0.164. The van der Waals surface area contributed by atoms with Crippen LogP contribution in [0.25, 0.3) is 0 Å². The lowest BCUT2D eigenvalue weighted by molar-refractivity contribution is 0.0750. The first-order chi connectivity index (χ1) is 5.88. The zero-order valence-corrected chi connectivity index (χ0v) is 7.29. The minimum atomic E-state index is -0.164. The summed E-state index contributed by atoms with van der Waals surface area (Å²) < 4.78 is 0. The second-order valence-corrected chi connectivity index (χ2v) is 3.58. The molecule has 0 aliphatic carbocycles. The lowest BCUT2D eigenvalue weighted by Crippen LogP contribution is -2.52. The van der Waals surface area contributed by atoms with Gasteiger partial charge in [0.15, 0.2) is 0 Å². The van der Waals surface area contributed by atoms with Crippen molar-refractivity contribution in [3.63, 3.8) is 0 Å². The minimum Gasteiger partial charge on any atom is -0.390 e. The Morgan fingerprint density at radius 2 is 1.83 bits per heavy atom. The zero-order valence-electron chi connectivity index (χ0n) is 7.29. The van der Waals surface area contributed by atoms with Crippen LogP contribution in [0.3, 0.4) is 0 Å². The van der Waals surface area contributed by atoms with Crippen LogP contribution in [-0.2, 0) is 0 Å². The number of aliphatic hydroxyl groups excluding tert-OH is 1. The fourth-order valence-corrected chi connectivity index (χ4v) is 2.04. The summed E-state index contributed by atoms with van der Waals surface area (Å²) in [7, 11) is 0. The van der Waals surface area contributed by atoms with Crippen LogP contribution in [0.4, 0.5) is 0 Å². The molecule has 70 valence electrons. The molecule has 0 aromatic rings. The van der Waals surface area contributed by atoms with E-state index in [2.05, 4.69) is 15.5 Å². The van der Waals surface area contributed by atoms with E-state index in [4.69, 9.17) is 0 Å². The van der Waals surface area contributed by atoms with E-state index in [1.54, 1.807) is 0 Å². The zero-order chi connectivity index (χ0) is 8.39. The number of rotatable bonds is 1. The van der Waals surface area contributed by atoms with Crippen LogP contribution in [0.5, 0.6) is 0 Å². The Kier molecular flexibility index (Phi) is 2.60. The average Bonchev–Trinajstić information content (AvgIpc) is 2.53. The van der Waals surface area contributed by atoms with Gasteiger partial charge in [-0.1, -0.05) is 0 Å². The molecule has 2 atom stereocenters. The molecule has 2 aliphatic heterocycles. The van der Waals surface area contributed by atoms with Gasteiger partial charge in [-0.05, 0) is 0 Å². The van der Waals surface area contributed by atoms with E-state index >= 15 is 0 Å². The number of hydrogen-bond acceptors (Lipinski definition) is 4. The van der Waals surface area contributed by atoms with Crippen molar-refractivity contribution in [2.24, 2.45) is 0 Å². The van der Waals surface area contributed by atoms with Crippen molar-refractivity contribution < 1.29 is 5.11 Å². The van der Waals surface area contributed by atoms with Crippen LogP contribution < -0.4 is 10.6 Å². The van der Waals surface area contributed by atoms with Gasteiger partial charge in [-0.3, -0.25) is 4.90 Å². The summed E-state index contributed by atoms with van der Waals surface area (Å²) in [6.45, 7) is 5.97. The number of aliphatic hydroxyl groups is 1. The van der Waals surface area contributed by atoms with Crippen molar-refractivity contribution in [2.45, 2.75) is 12.1 Å². The molecule has 12 heavy (non-hydrogen) atoms. The highest BCUT2D eigenvalue weighted by atomic mass is 16.3. The lowest BCUT2D eigenvalue weighted by atomic mass is 10.1. The van der Waals surface area contributed by atoms with E-state index in [-0.39, 0.29) is 6.10 Å². The van der Waals surface area contributed by atoms with Gasteiger partial charge in [0.25, 0.3) is 0 Å². The highest BCUT2D eigenvalue weighted by molar-refractivity contribution is 4.89. The van der Waals surface area contributed by atoms with Gasteiger partial charge < -0.3 is 15.7 Å². The molecular weight excluding hydrogens is 154 g/mol. The molecule has 2 saturated heterocycles. The molecule has 0 aromatic heterocycles. The third kappa shape index (κ3) is 1.61. The smallest absolute Gasteiger partial charge is 0.0831 e. The number of piperazine rings is 1. The van der Waals surface area contributed by atoms with E-state index in [1.165, 1.54) is 0 Å². The van der Waals surface area contributed by atoms with Crippen LogP contribution in [0.15, 0.2) is 0 Å². The molecule has 2 aliphatic rings. The number of nitrogens with zero attached hydrogens (tertiary/aromatic N) is 1. The number of hydrogen-bond donors (Lipinski definition) is 3. The Morgan fingerprint density at radius 3 is 2.42 bits per heavy atom. The molecule has 3 N–H and O–H groups in total. The van der Waals surface area contributed by atoms with Gasteiger partial charge >= 0.3 is 0 Å². The second kappa shape index (κ2) is 3.70. The topological polar surface area (TPSA) is 47.5 Å². The summed E-state index contributed by atoms with van der Waals surface area (Å²) in [5.41, 5.74) is 0. The van der Waals surface area contributed by atoms with E-state index < -0.39 is 0 Å². The van der Waals surface area contributed by atoms with Gasteiger partial charge in [-0.2, -0.15) is 0 Å². The summed E-state index contributed by atoms with van der Waals surface area (Å²) in [5.74, 6) is 0. The van der Waals surface area contributed by atoms with Gasteiger partial charge in [0, 0.05) is 45.3 Å². The molecule has 0 radical (unpaired) electrons. The Labute approximate surface area is 72.9 Å². The fraction of sp³-hybridized carbons (Fsp3) is 1.00. The summed E-state index contributed by atoms with van der Waals surface area (Å²) in [6.07, 6.45) is -0.164. The van der Waals surface area contributed by atoms with E-state index in [0.717, 1.165) is 39.3 Å². The van der Waals surface area contributed by atoms with Crippen LogP contribution in [0, 0.1) is 0 Å². The quantitative estimate of drug-likeness (QED) is 0.437. The van der Waals surface area contributed by atoms with Crippen molar-refractivity contribution in [3.8, 4) is 0 Å². The maximum atomic E-state index is 9.62. The molecule has 2 unspecified atom stereocenters. The van der Waals surface area contributed by atoms with Crippen LogP contribution in [0.2, 0.25) is 0 Å². The average molecular weight is 171 g/mol. The Morgan fingerprint density at radius 1 is 1.08 bits per heavy atom. The highest BCUT2D eigenvalue weighted by Gasteiger charge is 2.30. The maximum absolute atomic E-state index is 9.62. The molecular formula is C8H17N3O. The molecule has 0 saturated carbocycles. The first kappa shape index (κ1) is 8.44. The van der Waals surface area contributed by atoms with Crippen LogP contribution >= 0.6 is 0 Å². The molecule has 4 nitrogen and oxygen atoms in total. The Bertz CT molecular complexity index is 147.